The number of aliphatic carboxylic acids is 1. The van der Waals surface area contributed by atoms with Gasteiger partial charge in [0.1, 0.15) is 0 Å². The number of carboxylic acids is 1. The number of hydrogen-bond acceptors (Lipinski definition) is 3. The van der Waals surface area contributed by atoms with E-state index in [0.29, 0.717) is 6.07 Å². The smallest absolute Gasteiger partial charge is 0.452 e. The number of hydrogen-bond donors (Lipinski definition) is 1. The Hall–Kier alpha value is -1.53. The fourth-order valence-electron chi connectivity index (χ4n) is 0.684. The number of carboxylic acid groups (broad SMARTS) is 1. The second-order valence-corrected chi connectivity index (χ2v) is 2.25. The van der Waals surface area contributed by atoms with Crippen LogP contribution in [0.1, 0.15) is 11.5 Å². The largest absolute Gasteiger partial charge is 0.481 e. The first-order valence-electron chi connectivity index (χ1n) is 3.14. The number of halogens is 3. The van der Waals surface area contributed by atoms with Crippen LogP contribution in [-0.4, -0.2) is 16.2 Å². The van der Waals surface area contributed by atoms with Gasteiger partial charge in [-0.3, -0.25) is 4.79 Å². The molecule has 7 heteroatoms. The van der Waals surface area contributed by atoms with Crippen molar-refractivity contribution in [3.63, 3.8) is 0 Å². The highest BCUT2D eigenvalue weighted by Gasteiger charge is 2.36. The van der Waals surface area contributed by atoms with Crippen molar-refractivity contribution in [3.8, 4) is 0 Å². The van der Waals surface area contributed by atoms with Gasteiger partial charge in [0.15, 0.2) is 0 Å². The lowest BCUT2D eigenvalue weighted by Gasteiger charge is -1.97. The summed E-state index contributed by atoms with van der Waals surface area (Å²) in [5.74, 6) is -2.55. The zero-order valence-corrected chi connectivity index (χ0v) is 6.13. The van der Waals surface area contributed by atoms with E-state index in [2.05, 4.69) is 9.68 Å². The second-order valence-electron chi connectivity index (χ2n) is 2.25. The third-order valence-electron chi connectivity index (χ3n) is 1.17. The number of rotatable bonds is 2. The summed E-state index contributed by atoms with van der Waals surface area (Å²) in [5.41, 5.74) is -0.250. The molecule has 1 aromatic rings. The Bertz CT molecular complexity index is 317. The number of alkyl halides is 3. The van der Waals surface area contributed by atoms with Gasteiger partial charge in [-0.05, 0) is 0 Å². The molecular formula is C6H4F3NO3. The Morgan fingerprint density at radius 3 is 2.62 bits per heavy atom. The normalized spacial score (nSPS) is 11.6. The van der Waals surface area contributed by atoms with E-state index in [9.17, 15) is 18.0 Å². The molecule has 0 saturated heterocycles. The fraction of sp³-hybridized carbons (Fsp3) is 0.333. The van der Waals surface area contributed by atoms with E-state index in [1.165, 1.54) is 0 Å². The van der Waals surface area contributed by atoms with E-state index >= 15 is 0 Å². The van der Waals surface area contributed by atoms with Gasteiger partial charge >= 0.3 is 12.1 Å². The predicted molar refractivity (Wildman–Crippen MR) is 32.8 cm³/mol. The van der Waals surface area contributed by atoms with Gasteiger partial charge in [0, 0.05) is 6.07 Å². The Morgan fingerprint density at radius 1 is 1.62 bits per heavy atom. The molecule has 0 radical (unpaired) electrons. The third kappa shape index (κ3) is 2.46. The molecule has 1 heterocycles. The van der Waals surface area contributed by atoms with Gasteiger partial charge in [0.2, 0.25) is 5.76 Å². The summed E-state index contributed by atoms with van der Waals surface area (Å²) < 4.78 is 39.5. The van der Waals surface area contributed by atoms with Gasteiger partial charge in [-0.25, -0.2) is 0 Å². The molecule has 0 aliphatic rings. The Balaban J connectivity index is 2.81. The fourth-order valence-corrected chi connectivity index (χ4v) is 0.684. The molecule has 1 N–H and O–H groups in total. The van der Waals surface area contributed by atoms with E-state index in [1.807, 2.05) is 0 Å². The van der Waals surface area contributed by atoms with Crippen molar-refractivity contribution in [2.24, 2.45) is 0 Å². The summed E-state index contributed by atoms with van der Waals surface area (Å²) in [6.45, 7) is 0. The molecule has 0 aromatic carbocycles. The summed E-state index contributed by atoms with van der Waals surface area (Å²) in [7, 11) is 0. The van der Waals surface area contributed by atoms with Crippen LogP contribution < -0.4 is 0 Å². The molecule has 0 amide bonds. The SMILES string of the molecule is O=C(O)Cc1cc(C(F)(F)F)on1. The van der Waals surface area contributed by atoms with Gasteiger partial charge in [-0.2, -0.15) is 13.2 Å². The first kappa shape index (κ1) is 9.56. The molecule has 13 heavy (non-hydrogen) atoms. The van der Waals surface area contributed by atoms with E-state index in [0.717, 1.165) is 0 Å². The van der Waals surface area contributed by atoms with Crippen LogP contribution in [0.4, 0.5) is 13.2 Å². The minimum atomic E-state index is -4.62. The molecule has 1 rings (SSSR count). The van der Waals surface area contributed by atoms with E-state index < -0.39 is 24.3 Å². The molecule has 0 bridgehead atoms. The standard InChI is InChI=1S/C6H4F3NO3/c7-6(8,9)4-1-3(10-13-4)2-5(11)12/h1H,2H2,(H,11,12). The summed E-state index contributed by atoms with van der Waals surface area (Å²) in [4.78, 5) is 10.1. The monoisotopic (exact) mass is 195 g/mol. The van der Waals surface area contributed by atoms with Crippen LogP contribution in [0.3, 0.4) is 0 Å². The molecule has 0 fully saturated rings. The number of nitrogens with zero attached hydrogens (tertiary/aromatic N) is 1. The lowest BCUT2D eigenvalue weighted by molar-refractivity contribution is -0.155. The summed E-state index contributed by atoms with van der Waals surface area (Å²) in [5, 5.41) is 11.2. The average molecular weight is 195 g/mol. The first-order valence-corrected chi connectivity index (χ1v) is 3.14. The van der Waals surface area contributed by atoms with E-state index in [1.54, 1.807) is 0 Å². The molecular weight excluding hydrogens is 191 g/mol. The summed E-state index contributed by atoms with van der Waals surface area (Å²) in [6, 6.07) is 0.564. The molecule has 4 nitrogen and oxygen atoms in total. The van der Waals surface area contributed by atoms with Crippen molar-refractivity contribution in [1.29, 1.82) is 0 Å². The van der Waals surface area contributed by atoms with Crippen molar-refractivity contribution in [2.75, 3.05) is 0 Å². The molecule has 0 spiro atoms. The first-order chi connectivity index (χ1) is 5.89. The van der Waals surface area contributed by atoms with Crippen LogP contribution in [0.2, 0.25) is 0 Å². The van der Waals surface area contributed by atoms with Crippen molar-refractivity contribution in [2.45, 2.75) is 12.6 Å². The van der Waals surface area contributed by atoms with Gasteiger partial charge in [0.05, 0.1) is 12.1 Å². The van der Waals surface area contributed by atoms with Gasteiger partial charge < -0.3 is 9.63 Å². The molecule has 0 aliphatic carbocycles. The molecule has 0 unspecified atom stereocenters. The van der Waals surface area contributed by atoms with Crippen molar-refractivity contribution in [1.82, 2.24) is 5.16 Å². The minimum Gasteiger partial charge on any atom is -0.481 e. The lowest BCUT2D eigenvalue weighted by atomic mass is 10.3. The van der Waals surface area contributed by atoms with Gasteiger partial charge in [0.25, 0.3) is 0 Å². The maximum Gasteiger partial charge on any atom is 0.452 e. The molecule has 72 valence electrons. The van der Waals surface area contributed by atoms with Crippen LogP contribution in [-0.2, 0) is 17.4 Å². The third-order valence-corrected chi connectivity index (χ3v) is 1.17. The van der Waals surface area contributed by atoms with Crippen molar-refractivity contribution < 1.29 is 27.6 Å². The zero-order chi connectivity index (χ0) is 10.1. The average Bonchev–Trinajstić information content (AvgIpc) is 2.32. The van der Waals surface area contributed by atoms with Crippen LogP contribution in [0.25, 0.3) is 0 Å². The van der Waals surface area contributed by atoms with E-state index in [4.69, 9.17) is 5.11 Å². The van der Waals surface area contributed by atoms with Crippen LogP contribution in [0, 0.1) is 0 Å². The van der Waals surface area contributed by atoms with Crippen LogP contribution in [0.5, 0.6) is 0 Å². The number of aromatic nitrogens is 1. The van der Waals surface area contributed by atoms with Gasteiger partial charge in [-0.1, -0.05) is 5.16 Å². The number of carbonyl (C=O) groups is 1. The second kappa shape index (κ2) is 3.08. The topological polar surface area (TPSA) is 63.3 Å². The van der Waals surface area contributed by atoms with E-state index in [-0.39, 0.29) is 5.69 Å². The zero-order valence-electron chi connectivity index (χ0n) is 6.13. The molecule has 0 saturated carbocycles. The Labute approximate surface area is 69.9 Å². The van der Waals surface area contributed by atoms with Gasteiger partial charge in [-0.15, -0.1) is 0 Å². The Kier molecular flexibility index (Phi) is 2.26. The lowest BCUT2D eigenvalue weighted by Crippen LogP contribution is -2.03. The molecule has 1 aromatic heterocycles. The molecule has 0 aliphatic heterocycles. The maximum atomic E-state index is 11.9. The predicted octanol–water partition coefficient (Wildman–Crippen LogP) is 1.32. The van der Waals surface area contributed by atoms with Crippen molar-refractivity contribution >= 4 is 5.97 Å². The summed E-state index contributed by atoms with van der Waals surface area (Å²) in [6.07, 6.45) is -5.21. The van der Waals surface area contributed by atoms with Crippen molar-refractivity contribution in [3.05, 3.63) is 17.5 Å². The minimum absolute atomic E-state index is 0.250. The maximum absolute atomic E-state index is 11.9. The molecule has 0 atom stereocenters. The highest BCUT2D eigenvalue weighted by atomic mass is 19.4. The van der Waals surface area contributed by atoms with Crippen LogP contribution in [0.15, 0.2) is 10.6 Å². The quantitative estimate of drug-likeness (QED) is 0.772. The van der Waals surface area contributed by atoms with Crippen LogP contribution >= 0.6 is 0 Å². The highest BCUT2D eigenvalue weighted by Crippen LogP contribution is 2.29. The highest BCUT2D eigenvalue weighted by molar-refractivity contribution is 5.69. The summed E-state index contributed by atoms with van der Waals surface area (Å²) >= 11 is 0. The Morgan fingerprint density at radius 2 is 2.23 bits per heavy atom.